The standard InChI is InChI=1S/C21H23NO/c1-15-4-3-5-20(14-15)21(19-10-12-22-13-11-19)18-8-6-17(7-9-18)16(2)23/h3-9,14,22H,10-13H2,1-2H3. The van der Waals surface area contributed by atoms with Gasteiger partial charge in [-0.25, -0.2) is 0 Å². The Labute approximate surface area is 138 Å². The molecule has 0 unspecified atom stereocenters. The fourth-order valence-corrected chi connectivity index (χ4v) is 3.23. The van der Waals surface area contributed by atoms with Crippen LogP contribution in [-0.2, 0) is 0 Å². The summed E-state index contributed by atoms with van der Waals surface area (Å²) in [7, 11) is 0. The Morgan fingerprint density at radius 1 is 0.913 bits per heavy atom. The number of aryl methyl sites for hydroxylation is 1. The van der Waals surface area contributed by atoms with Gasteiger partial charge in [0.2, 0.25) is 0 Å². The number of Topliss-reactive ketones (excluding diaryl/α,β-unsaturated/α-hetero) is 1. The van der Waals surface area contributed by atoms with Crippen LogP contribution in [0.15, 0.2) is 54.1 Å². The number of carbonyl (C=O) groups is 1. The highest BCUT2D eigenvalue weighted by atomic mass is 16.1. The summed E-state index contributed by atoms with van der Waals surface area (Å²) in [6.07, 6.45) is 2.16. The lowest BCUT2D eigenvalue weighted by atomic mass is 9.88. The molecule has 0 aromatic heterocycles. The van der Waals surface area contributed by atoms with Crippen molar-refractivity contribution < 1.29 is 4.79 Å². The number of benzene rings is 2. The molecular formula is C21H23NO. The lowest BCUT2D eigenvalue weighted by Crippen LogP contribution is -2.23. The van der Waals surface area contributed by atoms with E-state index in [1.54, 1.807) is 6.92 Å². The molecule has 0 atom stereocenters. The predicted octanol–water partition coefficient (Wildman–Crippen LogP) is 4.38. The van der Waals surface area contributed by atoms with Crippen LogP contribution in [0.1, 0.15) is 46.8 Å². The van der Waals surface area contributed by atoms with Crippen LogP contribution in [0, 0.1) is 6.92 Å². The second kappa shape index (κ2) is 6.93. The Hall–Kier alpha value is -2.19. The normalized spacial score (nSPS) is 14.6. The third-order valence-corrected chi connectivity index (χ3v) is 4.45. The number of rotatable bonds is 3. The van der Waals surface area contributed by atoms with Gasteiger partial charge in [-0.3, -0.25) is 4.79 Å². The molecule has 0 saturated carbocycles. The van der Waals surface area contributed by atoms with Crippen LogP contribution in [0.4, 0.5) is 0 Å². The first-order valence-corrected chi connectivity index (χ1v) is 8.26. The zero-order valence-corrected chi connectivity index (χ0v) is 13.9. The second-order valence-electron chi connectivity index (χ2n) is 6.23. The molecule has 2 aromatic carbocycles. The fourth-order valence-electron chi connectivity index (χ4n) is 3.23. The number of carbonyl (C=O) groups excluding carboxylic acids is 1. The summed E-state index contributed by atoms with van der Waals surface area (Å²) in [4.78, 5) is 11.5. The Balaban J connectivity index is 2.10. The molecule has 0 aliphatic carbocycles. The number of piperidine rings is 1. The first-order chi connectivity index (χ1) is 11.1. The van der Waals surface area contributed by atoms with Crippen molar-refractivity contribution in [2.24, 2.45) is 0 Å². The molecule has 0 amide bonds. The summed E-state index contributed by atoms with van der Waals surface area (Å²) >= 11 is 0. The maximum atomic E-state index is 11.5. The Morgan fingerprint density at radius 2 is 1.57 bits per heavy atom. The molecule has 1 aliphatic heterocycles. The van der Waals surface area contributed by atoms with Gasteiger partial charge in [-0.2, -0.15) is 0 Å². The van der Waals surface area contributed by atoms with E-state index in [0.717, 1.165) is 31.5 Å². The third-order valence-electron chi connectivity index (χ3n) is 4.45. The highest BCUT2D eigenvalue weighted by Gasteiger charge is 2.15. The molecule has 23 heavy (non-hydrogen) atoms. The van der Waals surface area contributed by atoms with E-state index in [-0.39, 0.29) is 5.78 Å². The Kier molecular flexibility index (Phi) is 4.73. The smallest absolute Gasteiger partial charge is 0.159 e. The van der Waals surface area contributed by atoms with Crippen LogP contribution in [0.25, 0.3) is 5.57 Å². The van der Waals surface area contributed by atoms with E-state index in [1.165, 1.54) is 27.8 Å². The van der Waals surface area contributed by atoms with Gasteiger partial charge in [0.05, 0.1) is 0 Å². The number of nitrogens with one attached hydrogen (secondary N) is 1. The molecule has 2 heteroatoms. The first-order valence-electron chi connectivity index (χ1n) is 8.26. The third kappa shape index (κ3) is 3.59. The number of hydrogen-bond donors (Lipinski definition) is 1. The quantitative estimate of drug-likeness (QED) is 0.852. The van der Waals surface area contributed by atoms with Crippen molar-refractivity contribution in [3.05, 3.63) is 76.4 Å². The van der Waals surface area contributed by atoms with Crippen LogP contribution in [0.5, 0.6) is 0 Å². The number of hydrogen-bond acceptors (Lipinski definition) is 2. The van der Waals surface area contributed by atoms with Gasteiger partial charge in [0.1, 0.15) is 0 Å². The average Bonchev–Trinajstić information content (AvgIpc) is 2.57. The van der Waals surface area contributed by atoms with Crippen molar-refractivity contribution >= 4 is 11.4 Å². The average molecular weight is 305 g/mol. The van der Waals surface area contributed by atoms with Gasteiger partial charge in [0, 0.05) is 5.56 Å². The topological polar surface area (TPSA) is 29.1 Å². The second-order valence-corrected chi connectivity index (χ2v) is 6.23. The minimum atomic E-state index is 0.114. The van der Waals surface area contributed by atoms with Crippen LogP contribution in [0.3, 0.4) is 0 Å². The molecule has 118 valence electrons. The van der Waals surface area contributed by atoms with Crippen molar-refractivity contribution in [3.63, 3.8) is 0 Å². The maximum absolute atomic E-state index is 11.5. The monoisotopic (exact) mass is 305 g/mol. The summed E-state index contributed by atoms with van der Waals surface area (Å²) < 4.78 is 0. The van der Waals surface area contributed by atoms with Gasteiger partial charge < -0.3 is 5.32 Å². The summed E-state index contributed by atoms with van der Waals surface area (Å²) in [5.41, 5.74) is 7.37. The highest BCUT2D eigenvalue weighted by molar-refractivity contribution is 5.94. The van der Waals surface area contributed by atoms with Crippen LogP contribution in [-0.4, -0.2) is 18.9 Å². The van der Waals surface area contributed by atoms with Crippen molar-refractivity contribution in [1.29, 1.82) is 0 Å². The summed E-state index contributed by atoms with van der Waals surface area (Å²) in [6.45, 7) is 5.82. The van der Waals surface area contributed by atoms with Gasteiger partial charge >= 0.3 is 0 Å². The summed E-state index contributed by atoms with van der Waals surface area (Å²) in [5, 5.41) is 3.43. The molecule has 2 nitrogen and oxygen atoms in total. The zero-order valence-electron chi connectivity index (χ0n) is 13.9. The Morgan fingerprint density at radius 3 is 2.17 bits per heavy atom. The maximum Gasteiger partial charge on any atom is 0.159 e. The van der Waals surface area contributed by atoms with E-state index in [9.17, 15) is 4.79 Å². The number of ketones is 1. The van der Waals surface area contributed by atoms with Gasteiger partial charge in [-0.05, 0) is 56.5 Å². The van der Waals surface area contributed by atoms with E-state index in [2.05, 4.69) is 48.6 Å². The van der Waals surface area contributed by atoms with E-state index in [0.29, 0.717) is 0 Å². The molecule has 3 rings (SSSR count). The molecular weight excluding hydrogens is 282 g/mol. The Bertz CT molecular complexity index is 733. The fraction of sp³-hybridized carbons (Fsp3) is 0.286. The lowest BCUT2D eigenvalue weighted by molar-refractivity contribution is 0.101. The van der Waals surface area contributed by atoms with Crippen molar-refractivity contribution in [2.45, 2.75) is 26.7 Å². The van der Waals surface area contributed by atoms with Gasteiger partial charge in [0.25, 0.3) is 0 Å². The molecule has 0 radical (unpaired) electrons. The van der Waals surface area contributed by atoms with Gasteiger partial charge in [0.15, 0.2) is 5.78 Å². The minimum absolute atomic E-state index is 0.114. The summed E-state index contributed by atoms with van der Waals surface area (Å²) in [5.74, 6) is 0.114. The highest BCUT2D eigenvalue weighted by Crippen LogP contribution is 2.31. The van der Waals surface area contributed by atoms with Gasteiger partial charge in [-0.1, -0.05) is 59.7 Å². The van der Waals surface area contributed by atoms with E-state index in [1.807, 2.05) is 12.1 Å². The predicted molar refractivity (Wildman–Crippen MR) is 95.8 cm³/mol. The van der Waals surface area contributed by atoms with Crippen LogP contribution >= 0.6 is 0 Å². The van der Waals surface area contributed by atoms with E-state index in [4.69, 9.17) is 0 Å². The molecule has 1 heterocycles. The van der Waals surface area contributed by atoms with Crippen molar-refractivity contribution in [3.8, 4) is 0 Å². The van der Waals surface area contributed by atoms with E-state index >= 15 is 0 Å². The molecule has 1 aliphatic rings. The molecule has 2 aromatic rings. The van der Waals surface area contributed by atoms with Crippen molar-refractivity contribution in [1.82, 2.24) is 5.32 Å². The SMILES string of the molecule is CC(=O)c1ccc(C(=C2CCNCC2)c2cccc(C)c2)cc1. The first kappa shape index (κ1) is 15.7. The van der Waals surface area contributed by atoms with E-state index < -0.39 is 0 Å². The largest absolute Gasteiger partial charge is 0.316 e. The summed E-state index contributed by atoms with van der Waals surface area (Å²) in [6, 6.07) is 16.7. The zero-order chi connectivity index (χ0) is 16.2. The van der Waals surface area contributed by atoms with Crippen molar-refractivity contribution in [2.75, 3.05) is 13.1 Å². The lowest BCUT2D eigenvalue weighted by Gasteiger charge is -2.21. The van der Waals surface area contributed by atoms with Crippen LogP contribution in [0.2, 0.25) is 0 Å². The molecule has 1 saturated heterocycles. The van der Waals surface area contributed by atoms with Crippen LogP contribution < -0.4 is 5.32 Å². The minimum Gasteiger partial charge on any atom is -0.316 e. The molecule has 0 spiro atoms. The molecule has 0 bridgehead atoms. The molecule has 1 N–H and O–H groups in total. The van der Waals surface area contributed by atoms with Gasteiger partial charge in [-0.15, -0.1) is 0 Å². The molecule has 1 fully saturated rings.